The van der Waals surface area contributed by atoms with Gasteiger partial charge in [-0.05, 0) is 36.4 Å². The van der Waals surface area contributed by atoms with Crippen molar-refractivity contribution < 1.29 is 14.0 Å². The fraction of sp³-hybridized carbons (Fsp3) is 0.0667. The maximum atomic E-state index is 13.4. The molecule has 0 unspecified atom stereocenters. The predicted molar refractivity (Wildman–Crippen MR) is 78.8 cm³/mol. The Morgan fingerprint density at radius 3 is 2.38 bits per heavy atom. The van der Waals surface area contributed by atoms with E-state index in [0.717, 1.165) is 0 Å². The van der Waals surface area contributed by atoms with Gasteiger partial charge in [-0.25, -0.2) is 4.39 Å². The molecule has 0 aliphatic carbocycles. The lowest BCUT2D eigenvalue weighted by Crippen LogP contribution is -2.33. The number of benzene rings is 2. The summed E-state index contributed by atoms with van der Waals surface area (Å²) in [4.78, 5) is 23.4. The number of anilines is 1. The Kier molecular flexibility index (Phi) is 4.90. The first-order valence-electron chi connectivity index (χ1n) is 6.14. The molecule has 2 aromatic carbocycles. The van der Waals surface area contributed by atoms with Gasteiger partial charge in [-0.15, -0.1) is 0 Å². The van der Waals surface area contributed by atoms with Crippen molar-refractivity contribution >= 4 is 29.1 Å². The lowest BCUT2D eigenvalue weighted by atomic mass is 10.2. The van der Waals surface area contributed by atoms with Gasteiger partial charge < -0.3 is 10.6 Å². The summed E-state index contributed by atoms with van der Waals surface area (Å²) < 4.78 is 13.4. The summed E-state index contributed by atoms with van der Waals surface area (Å²) in [5.74, 6) is -1.69. The fourth-order valence-corrected chi connectivity index (χ4v) is 1.77. The van der Waals surface area contributed by atoms with Crippen LogP contribution in [0.3, 0.4) is 0 Å². The third-order valence-electron chi connectivity index (χ3n) is 2.66. The smallest absolute Gasteiger partial charge is 0.254 e. The van der Waals surface area contributed by atoms with Crippen LogP contribution < -0.4 is 10.6 Å². The van der Waals surface area contributed by atoms with Gasteiger partial charge in [0.15, 0.2) is 0 Å². The van der Waals surface area contributed by atoms with Crippen LogP contribution in [-0.2, 0) is 4.79 Å². The maximum absolute atomic E-state index is 13.4. The Morgan fingerprint density at radius 2 is 1.71 bits per heavy atom. The van der Waals surface area contributed by atoms with E-state index in [1.165, 1.54) is 18.2 Å². The van der Waals surface area contributed by atoms with E-state index in [2.05, 4.69) is 10.6 Å². The summed E-state index contributed by atoms with van der Waals surface area (Å²) in [5.41, 5.74) is 0.460. The predicted octanol–water partition coefficient (Wildman–Crippen LogP) is 2.85. The fourth-order valence-electron chi connectivity index (χ4n) is 1.64. The number of carbonyl (C=O) groups excluding carboxylic acids is 2. The van der Waals surface area contributed by atoms with E-state index in [9.17, 15) is 14.0 Å². The van der Waals surface area contributed by atoms with Crippen molar-refractivity contribution in [3.05, 3.63) is 64.9 Å². The molecule has 0 aliphatic heterocycles. The zero-order chi connectivity index (χ0) is 15.2. The van der Waals surface area contributed by atoms with Gasteiger partial charge in [-0.3, -0.25) is 9.59 Å². The van der Waals surface area contributed by atoms with Gasteiger partial charge in [0.05, 0.1) is 12.1 Å². The first-order valence-corrected chi connectivity index (χ1v) is 6.52. The van der Waals surface area contributed by atoms with Crippen molar-refractivity contribution in [2.24, 2.45) is 0 Å². The second kappa shape index (κ2) is 6.85. The summed E-state index contributed by atoms with van der Waals surface area (Å²) in [7, 11) is 0. The molecule has 4 nitrogen and oxygen atoms in total. The molecule has 0 aliphatic rings. The summed E-state index contributed by atoms with van der Waals surface area (Å²) in [5, 5.41) is 5.50. The van der Waals surface area contributed by atoms with Crippen molar-refractivity contribution in [1.29, 1.82) is 0 Å². The molecule has 0 fully saturated rings. The van der Waals surface area contributed by atoms with E-state index < -0.39 is 17.6 Å². The van der Waals surface area contributed by atoms with Crippen LogP contribution in [0.1, 0.15) is 10.4 Å². The minimum absolute atomic E-state index is 0.100. The van der Waals surface area contributed by atoms with Crippen LogP contribution in [-0.4, -0.2) is 18.4 Å². The molecule has 2 N–H and O–H groups in total. The van der Waals surface area contributed by atoms with E-state index in [-0.39, 0.29) is 12.1 Å². The molecule has 108 valence electrons. The Balaban J connectivity index is 1.88. The van der Waals surface area contributed by atoms with Gasteiger partial charge >= 0.3 is 0 Å². The van der Waals surface area contributed by atoms with Crippen LogP contribution in [0.4, 0.5) is 10.1 Å². The van der Waals surface area contributed by atoms with Crippen molar-refractivity contribution in [2.45, 2.75) is 0 Å². The number of halogens is 2. The van der Waals surface area contributed by atoms with E-state index in [0.29, 0.717) is 10.7 Å². The quantitative estimate of drug-likeness (QED) is 0.912. The Hall–Kier alpha value is -2.40. The molecule has 0 saturated heterocycles. The summed E-state index contributed by atoms with van der Waals surface area (Å²) in [6.45, 7) is -0.254. The van der Waals surface area contributed by atoms with Gasteiger partial charge in [0.25, 0.3) is 5.91 Å². The second-order valence-electron chi connectivity index (χ2n) is 4.22. The van der Waals surface area contributed by atoms with Crippen molar-refractivity contribution in [1.82, 2.24) is 5.32 Å². The molecular formula is C15H12ClFN2O2. The number of rotatable bonds is 4. The Bertz CT molecular complexity index is 659. The standard InChI is InChI=1S/C15H12ClFN2O2/c16-10-5-7-11(8-6-10)19-14(20)9-18-15(21)12-3-1-2-4-13(12)17/h1-8H,9H2,(H,18,21)(H,19,20). The molecule has 0 saturated carbocycles. The molecule has 0 heterocycles. The van der Waals surface area contributed by atoms with Crippen LogP contribution >= 0.6 is 11.6 Å². The van der Waals surface area contributed by atoms with Gasteiger partial charge in [-0.1, -0.05) is 23.7 Å². The molecule has 2 aromatic rings. The minimum Gasteiger partial charge on any atom is -0.343 e. The average Bonchev–Trinajstić information content (AvgIpc) is 2.48. The molecular weight excluding hydrogens is 295 g/mol. The van der Waals surface area contributed by atoms with Crippen LogP contribution in [0.5, 0.6) is 0 Å². The highest BCUT2D eigenvalue weighted by molar-refractivity contribution is 6.30. The van der Waals surface area contributed by atoms with Crippen molar-refractivity contribution in [2.75, 3.05) is 11.9 Å². The molecule has 0 radical (unpaired) electrons. The van der Waals surface area contributed by atoms with E-state index in [4.69, 9.17) is 11.6 Å². The molecule has 0 bridgehead atoms. The first kappa shape index (κ1) is 15.0. The van der Waals surface area contributed by atoms with Crippen LogP contribution in [0.15, 0.2) is 48.5 Å². The number of carbonyl (C=O) groups is 2. The number of hydrogen-bond donors (Lipinski definition) is 2. The van der Waals surface area contributed by atoms with Crippen LogP contribution in [0, 0.1) is 5.82 Å². The summed E-state index contributed by atoms with van der Waals surface area (Å²) in [6, 6.07) is 12.1. The molecule has 6 heteroatoms. The molecule has 21 heavy (non-hydrogen) atoms. The van der Waals surface area contributed by atoms with E-state index >= 15 is 0 Å². The number of amides is 2. The van der Waals surface area contributed by atoms with E-state index in [1.54, 1.807) is 30.3 Å². The van der Waals surface area contributed by atoms with Gasteiger partial charge in [0.1, 0.15) is 5.82 Å². The van der Waals surface area contributed by atoms with Crippen molar-refractivity contribution in [3.63, 3.8) is 0 Å². The van der Waals surface area contributed by atoms with Crippen LogP contribution in [0.25, 0.3) is 0 Å². The highest BCUT2D eigenvalue weighted by Crippen LogP contribution is 2.13. The molecule has 2 amide bonds. The zero-order valence-electron chi connectivity index (χ0n) is 10.9. The maximum Gasteiger partial charge on any atom is 0.254 e. The third-order valence-corrected chi connectivity index (χ3v) is 2.91. The number of hydrogen-bond acceptors (Lipinski definition) is 2. The topological polar surface area (TPSA) is 58.2 Å². The highest BCUT2D eigenvalue weighted by atomic mass is 35.5. The second-order valence-corrected chi connectivity index (χ2v) is 4.65. The van der Waals surface area contributed by atoms with E-state index in [1.807, 2.05) is 0 Å². The number of nitrogens with one attached hydrogen (secondary N) is 2. The third kappa shape index (κ3) is 4.29. The average molecular weight is 307 g/mol. The van der Waals surface area contributed by atoms with Crippen LogP contribution in [0.2, 0.25) is 5.02 Å². The lowest BCUT2D eigenvalue weighted by molar-refractivity contribution is -0.115. The first-order chi connectivity index (χ1) is 10.1. The normalized spacial score (nSPS) is 10.0. The molecule has 0 aromatic heterocycles. The summed E-state index contributed by atoms with van der Waals surface area (Å²) in [6.07, 6.45) is 0. The Morgan fingerprint density at radius 1 is 1.05 bits per heavy atom. The SMILES string of the molecule is O=C(CNC(=O)c1ccccc1F)Nc1ccc(Cl)cc1. The van der Waals surface area contributed by atoms with Crippen molar-refractivity contribution in [3.8, 4) is 0 Å². The zero-order valence-corrected chi connectivity index (χ0v) is 11.7. The Labute approximate surface area is 125 Å². The minimum atomic E-state index is -0.639. The molecule has 0 spiro atoms. The monoisotopic (exact) mass is 306 g/mol. The molecule has 0 atom stereocenters. The lowest BCUT2D eigenvalue weighted by Gasteiger charge is -2.07. The highest BCUT2D eigenvalue weighted by Gasteiger charge is 2.11. The molecule has 2 rings (SSSR count). The van der Waals surface area contributed by atoms with Gasteiger partial charge in [0.2, 0.25) is 5.91 Å². The largest absolute Gasteiger partial charge is 0.343 e. The van der Waals surface area contributed by atoms with Gasteiger partial charge in [0, 0.05) is 10.7 Å². The van der Waals surface area contributed by atoms with Gasteiger partial charge in [-0.2, -0.15) is 0 Å². The summed E-state index contributed by atoms with van der Waals surface area (Å²) >= 11 is 5.73.